The van der Waals surface area contributed by atoms with Gasteiger partial charge in [-0.2, -0.15) is 0 Å². The molecular formula is C58H36N4. The predicted octanol–water partition coefficient (Wildman–Crippen LogP) is 15.1. The van der Waals surface area contributed by atoms with Crippen LogP contribution in [0.2, 0.25) is 0 Å². The van der Waals surface area contributed by atoms with Crippen molar-refractivity contribution in [1.82, 2.24) is 19.1 Å². The normalized spacial score (nSPS) is 11.9. The van der Waals surface area contributed by atoms with Gasteiger partial charge in [0.15, 0.2) is 5.82 Å². The molecular weight excluding hydrogens is 753 g/mol. The third-order valence-corrected chi connectivity index (χ3v) is 12.7. The first-order valence-electron chi connectivity index (χ1n) is 21.2. The fraction of sp³-hybridized carbons (Fsp3) is 0. The maximum Gasteiger partial charge on any atom is 0.161 e. The van der Waals surface area contributed by atoms with Gasteiger partial charge in [0.1, 0.15) is 0 Å². The van der Waals surface area contributed by atoms with Crippen LogP contribution in [0.4, 0.5) is 0 Å². The highest BCUT2D eigenvalue weighted by molar-refractivity contribution is 6.25. The second-order valence-electron chi connectivity index (χ2n) is 16.2. The summed E-state index contributed by atoms with van der Waals surface area (Å²) in [5, 5.41) is 12.1. The lowest BCUT2D eigenvalue weighted by atomic mass is 10.0. The van der Waals surface area contributed by atoms with Crippen molar-refractivity contribution in [2.75, 3.05) is 0 Å². The molecule has 13 rings (SSSR count). The minimum absolute atomic E-state index is 0.698. The fourth-order valence-corrected chi connectivity index (χ4v) is 9.87. The summed E-state index contributed by atoms with van der Waals surface area (Å²) in [5.74, 6) is 0.698. The van der Waals surface area contributed by atoms with E-state index in [1.807, 2.05) is 12.1 Å². The van der Waals surface area contributed by atoms with Crippen LogP contribution in [0.3, 0.4) is 0 Å². The molecule has 0 saturated carbocycles. The second-order valence-corrected chi connectivity index (χ2v) is 16.2. The number of para-hydroxylation sites is 1. The lowest BCUT2D eigenvalue weighted by Crippen LogP contribution is -1.99. The molecule has 4 heteroatoms. The Morgan fingerprint density at radius 2 is 0.919 bits per heavy atom. The number of aromatic nitrogens is 4. The lowest BCUT2D eigenvalue weighted by Gasteiger charge is -2.15. The van der Waals surface area contributed by atoms with Crippen molar-refractivity contribution < 1.29 is 0 Å². The summed E-state index contributed by atoms with van der Waals surface area (Å²) >= 11 is 0. The Kier molecular flexibility index (Phi) is 7.57. The highest BCUT2D eigenvalue weighted by Crippen LogP contribution is 2.43. The number of nitrogens with zero attached hydrogens (tertiary/aromatic N) is 4. The molecule has 0 aliphatic heterocycles. The van der Waals surface area contributed by atoms with Crippen LogP contribution in [0, 0.1) is 0 Å². The smallest absolute Gasteiger partial charge is 0.161 e. The third kappa shape index (κ3) is 5.27. The average molecular weight is 789 g/mol. The summed E-state index contributed by atoms with van der Waals surface area (Å²) < 4.78 is 4.93. The van der Waals surface area contributed by atoms with Crippen molar-refractivity contribution in [3.05, 3.63) is 218 Å². The zero-order valence-electron chi connectivity index (χ0n) is 33.6. The summed E-state index contributed by atoms with van der Waals surface area (Å²) in [7, 11) is 0. The molecule has 0 unspecified atom stereocenters. The topological polar surface area (TPSA) is 35.6 Å². The minimum Gasteiger partial charge on any atom is -0.309 e. The van der Waals surface area contributed by atoms with Crippen molar-refractivity contribution in [3.8, 4) is 45.3 Å². The van der Waals surface area contributed by atoms with Gasteiger partial charge in [-0.05, 0) is 75.5 Å². The predicted molar refractivity (Wildman–Crippen MR) is 260 cm³/mol. The van der Waals surface area contributed by atoms with E-state index in [2.05, 4.69) is 215 Å². The molecule has 10 aromatic carbocycles. The van der Waals surface area contributed by atoms with E-state index >= 15 is 0 Å². The van der Waals surface area contributed by atoms with Gasteiger partial charge in [-0.1, -0.05) is 170 Å². The summed E-state index contributed by atoms with van der Waals surface area (Å²) in [4.78, 5) is 10.5. The zero-order chi connectivity index (χ0) is 40.7. The molecule has 0 spiro atoms. The molecule has 0 N–H and O–H groups in total. The molecule has 0 radical (unpaired) electrons. The maximum atomic E-state index is 5.26. The Morgan fingerprint density at radius 3 is 1.71 bits per heavy atom. The van der Waals surface area contributed by atoms with E-state index < -0.39 is 0 Å². The number of rotatable bonds is 5. The summed E-state index contributed by atoms with van der Waals surface area (Å²) in [6.07, 6.45) is 0. The number of benzene rings is 10. The first-order valence-corrected chi connectivity index (χ1v) is 21.2. The molecule has 0 atom stereocenters. The monoisotopic (exact) mass is 788 g/mol. The van der Waals surface area contributed by atoms with Crippen LogP contribution < -0.4 is 0 Å². The second kappa shape index (κ2) is 13.6. The largest absolute Gasteiger partial charge is 0.309 e. The molecule has 0 bridgehead atoms. The van der Waals surface area contributed by atoms with Crippen LogP contribution in [0.5, 0.6) is 0 Å². The Bertz CT molecular complexity index is 3860. The molecule has 0 amide bonds. The average Bonchev–Trinajstić information content (AvgIpc) is 3.85. The maximum absolute atomic E-state index is 5.26. The molecule has 13 aromatic rings. The summed E-state index contributed by atoms with van der Waals surface area (Å²) in [6.45, 7) is 0. The van der Waals surface area contributed by atoms with Gasteiger partial charge in [0, 0.05) is 49.3 Å². The van der Waals surface area contributed by atoms with Crippen LogP contribution in [0.15, 0.2) is 218 Å². The van der Waals surface area contributed by atoms with Gasteiger partial charge in [0.05, 0.1) is 39.1 Å². The van der Waals surface area contributed by atoms with Crippen molar-refractivity contribution in [1.29, 1.82) is 0 Å². The van der Waals surface area contributed by atoms with Gasteiger partial charge in [0.25, 0.3) is 0 Å². The van der Waals surface area contributed by atoms with Crippen molar-refractivity contribution >= 4 is 75.9 Å². The first kappa shape index (κ1) is 34.5. The number of fused-ring (bicyclic) bond motifs is 10. The van der Waals surface area contributed by atoms with E-state index in [9.17, 15) is 0 Å². The summed E-state index contributed by atoms with van der Waals surface area (Å²) in [6, 6.07) is 78.6. The molecule has 3 heterocycles. The number of hydrogen-bond acceptors (Lipinski definition) is 2. The molecule has 4 nitrogen and oxygen atoms in total. The molecule has 0 saturated heterocycles. The Labute approximate surface area is 357 Å². The van der Waals surface area contributed by atoms with Crippen molar-refractivity contribution in [3.63, 3.8) is 0 Å². The van der Waals surface area contributed by atoms with Gasteiger partial charge in [-0.15, -0.1) is 0 Å². The minimum atomic E-state index is 0.698. The molecule has 0 aliphatic rings. The lowest BCUT2D eigenvalue weighted by molar-refractivity contribution is 1.17. The van der Waals surface area contributed by atoms with Gasteiger partial charge in [-0.3, -0.25) is 0 Å². The molecule has 0 aliphatic carbocycles. The van der Waals surface area contributed by atoms with E-state index in [-0.39, 0.29) is 0 Å². The quantitative estimate of drug-likeness (QED) is 0.174. The van der Waals surface area contributed by atoms with Crippen LogP contribution in [0.25, 0.3) is 121 Å². The Morgan fingerprint density at radius 1 is 0.306 bits per heavy atom. The highest BCUT2D eigenvalue weighted by Gasteiger charge is 2.22. The van der Waals surface area contributed by atoms with Crippen LogP contribution in [0.1, 0.15) is 0 Å². The molecule has 3 aromatic heterocycles. The van der Waals surface area contributed by atoms with E-state index in [4.69, 9.17) is 9.97 Å². The van der Waals surface area contributed by atoms with Gasteiger partial charge < -0.3 is 9.13 Å². The highest BCUT2D eigenvalue weighted by atomic mass is 15.0. The van der Waals surface area contributed by atoms with E-state index in [0.717, 1.165) is 61.3 Å². The number of hydrogen-bond donors (Lipinski definition) is 0. The fourth-order valence-electron chi connectivity index (χ4n) is 9.87. The van der Waals surface area contributed by atoms with E-state index in [1.165, 1.54) is 54.1 Å². The molecule has 0 fully saturated rings. The zero-order valence-corrected chi connectivity index (χ0v) is 33.6. The van der Waals surface area contributed by atoms with E-state index in [0.29, 0.717) is 5.82 Å². The van der Waals surface area contributed by atoms with Gasteiger partial charge >= 0.3 is 0 Å². The van der Waals surface area contributed by atoms with Crippen LogP contribution >= 0.6 is 0 Å². The van der Waals surface area contributed by atoms with Crippen molar-refractivity contribution in [2.45, 2.75) is 0 Å². The van der Waals surface area contributed by atoms with Crippen molar-refractivity contribution in [2.24, 2.45) is 0 Å². The van der Waals surface area contributed by atoms with E-state index in [1.54, 1.807) is 0 Å². The summed E-state index contributed by atoms with van der Waals surface area (Å²) in [5.41, 5.74) is 11.8. The van der Waals surface area contributed by atoms with Gasteiger partial charge in [-0.25, -0.2) is 9.97 Å². The molecule has 62 heavy (non-hydrogen) atoms. The first-order chi connectivity index (χ1) is 30.7. The standard InChI is InChI=1S/C58H36N4/c1-3-17-39(18-4-1)50-35-51(40-19-5-2-6-20-40)60-58(59-50)47-26-13-25-45-44(47)24-14-28-53(45)62-52-27-12-11-23-46(52)48-34-49-56(36-55(48)62)61(42-31-29-37-15-7-8-21-41(37)33-42)54-32-30-38-16-9-10-22-43(38)57(49)54/h1-36H. The third-order valence-electron chi connectivity index (χ3n) is 12.7. The van der Waals surface area contributed by atoms with Gasteiger partial charge in [0.2, 0.25) is 0 Å². The Hall–Kier alpha value is -8.34. The molecule has 288 valence electrons. The van der Waals surface area contributed by atoms with Crippen LogP contribution in [-0.2, 0) is 0 Å². The SMILES string of the molecule is c1ccc(-c2cc(-c3ccccc3)nc(-c3cccc4c(-n5c6ccccc6c6cc7c8c9ccccc9ccc8n(-c8ccc9ccccc9c8)c7cc65)cccc34)n2)cc1. The Balaban J connectivity index is 1.09. The van der Waals surface area contributed by atoms with Crippen LogP contribution in [-0.4, -0.2) is 19.1 Å².